The molecule has 25 heavy (non-hydrogen) atoms. The summed E-state index contributed by atoms with van der Waals surface area (Å²) in [6, 6.07) is 6.35. The van der Waals surface area contributed by atoms with Gasteiger partial charge in [-0.2, -0.15) is 0 Å². The van der Waals surface area contributed by atoms with Crippen LogP contribution >= 0.6 is 0 Å². The topological polar surface area (TPSA) is 66.3 Å². The second kappa shape index (κ2) is 7.13. The summed E-state index contributed by atoms with van der Waals surface area (Å²) in [6.07, 6.45) is 8.12. The summed E-state index contributed by atoms with van der Waals surface area (Å²) < 4.78 is 1.54. The lowest BCUT2D eigenvalue weighted by atomic mass is 10.2. The molecule has 7 nitrogen and oxygen atoms in total. The maximum absolute atomic E-state index is 12.6. The molecule has 2 aliphatic heterocycles. The van der Waals surface area contributed by atoms with Gasteiger partial charge in [-0.25, -0.2) is 4.68 Å². The van der Waals surface area contributed by atoms with E-state index in [0.29, 0.717) is 0 Å². The highest BCUT2D eigenvalue weighted by Crippen LogP contribution is 2.38. The van der Waals surface area contributed by atoms with Gasteiger partial charge in [-0.15, -0.1) is 5.10 Å². The number of nitrogens with one attached hydrogen (secondary N) is 1. The van der Waals surface area contributed by atoms with Crippen LogP contribution in [0.4, 0.5) is 17.1 Å². The lowest BCUT2D eigenvalue weighted by molar-refractivity contribution is -0.116. The first kappa shape index (κ1) is 15.9. The van der Waals surface area contributed by atoms with E-state index in [2.05, 4.69) is 43.6 Å². The molecule has 0 bridgehead atoms. The number of anilines is 3. The van der Waals surface area contributed by atoms with Crippen molar-refractivity contribution < 1.29 is 4.79 Å². The van der Waals surface area contributed by atoms with Crippen LogP contribution in [-0.2, 0) is 11.3 Å². The third-order valence-corrected chi connectivity index (χ3v) is 4.96. The van der Waals surface area contributed by atoms with Crippen LogP contribution in [0.5, 0.6) is 0 Å². The van der Waals surface area contributed by atoms with Gasteiger partial charge in [0.2, 0.25) is 5.91 Å². The van der Waals surface area contributed by atoms with Gasteiger partial charge in [0.25, 0.3) is 0 Å². The summed E-state index contributed by atoms with van der Waals surface area (Å²) in [5.74, 6) is -0.0717. The molecule has 0 unspecified atom stereocenters. The van der Waals surface area contributed by atoms with Gasteiger partial charge in [-0.3, -0.25) is 4.79 Å². The Morgan fingerprint density at radius 2 is 1.60 bits per heavy atom. The Hall–Kier alpha value is -2.57. The summed E-state index contributed by atoms with van der Waals surface area (Å²) in [5.41, 5.74) is 3.21. The number of carbonyl (C=O) groups is 1. The van der Waals surface area contributed by atoms with Crippen molar-refractivity contribution in [2.75, 3.05) is 41.3 Å². The van der Waals surface area contributed by atoms with Crippen LogP contribution in [0.15, 0.2) is 30.6 Å². The number of carbonyl (C=O) groups excluding carboxylic acids is 1. The molecule has 1 N–H and O–H groups in total. The number of rotatable bonds is 5. The zero-order valence-corrected chi connectivity index (χ0v) is 14.4. The Morgan fingerprint density at radius 1 is 1.00 bits per heavy atom. The van der Waals surface area contributed by atoms with Crippen molar-refractivity contribution >= 4 is 23.0 Å². The van der Waals surface area contributed by atoms with Crippen LogP contribution in [-0.4, -0.2) is 47.1 Å². The van der Waals surface area contributed by atoms with E-state index in [1.54, 1.807) is 17.1 Å². The number of benzene rings is 1. The van der Waals surface area contributed by atoms with Crippen molar-refractivity contribution in [2.24, 2.45) is 0 Å². The number of aromatic nitrogens is 3. The largest absolute Gasteiger partial charge is 0.370 e. The molecule has 4 rings (SSSR count). The highest BCUT2D eigenvalue weighted by Gasteiger charge is 2.23. The molecule has 7 heteroatoms. The van der Waals surface area contributed by atoms with Crippen molar-refractivity contribution in [3.63, 3.8) is 0 Å². The molecule has 0 spiro atoms. The van der Waals surface area contributed by atoms with Crippen molar-refractivity contribution in [1.29, 1.82) is 0 Å². The van der Waals surface area contributed by atoms with Crippen molar-refractivity contribution in [1.82, 2.24) is 15.0 Å². The molecule has 3 heterocycles. The average Bonchev–Trinajstić information content (AvgIpc) is 3.38. The van der Waals surface area contributed by atoms with Crippen LogP contribution in [0.2, 0.25) is 0 Å². The molecule has 2 aromatic rings. The fourth-order valence-corrected chi connectivity index (χ4v) is 3.74. The van der Waals surface area contributed by atoms with Crippen LogP contribution in [0.3, 0.4) is 0 Å². The highest BCUT2D eigenvalue weighted by atomic mass is 16.2. The lowest BCUT2D eigenvalue weighted by Gasteiger charge is -2.27. The Bertz CT molecular complexity index is 683. The minimum Gasteiger partial charge on any atom is -0.370 e. The Morgan fingerprint density at radius 3 is 2.12 bits per heavy atom. The molecule has 1 aromatic heterocycles. The second-order valence-corrected chi connectivity index (χ2v) is 6.71. The van der Waals surface area contributed by atoms with Crippen LogP contribution in [0.1, 0.15) is 25.7 Å². The molecule has 0 saturated carbocycles. The zero-order valence-electron chi connectivity index (χ0n) is 14.4. The van der Waals surface area contributed by atoms with Gasteiger partial charge in [0.05, 0.1) is 23.3 Å². The van der Waals surface area contributed by atoms with Gasteiger partial charge in [0.15, 0.2) is 0 Å². The van der Waals surface area contributed by atoms with Crippen LogP contribution < -0.4 is 15.1 Å². The summed E-state index contributed by atoms with van der Waals surface area (Å²) >= 11 is 0. The fourth-order valence-electron chi connectivity index (χ4n) is 3.74. The van der Waals surface area contributed by atoms with E-state index in [4.69, 9.17) is 0 Å². The van der Waals surface area contributed by atoms with E-state index >= 15 is 0 Å². The van der Waals surface area contributed by atoms with Crippen molar-refractivity contribution in [2.45, 2.75) is 32.2 Å². The summed E-state index contributed by atoms with van der Waals surface area (Å²) in [7, 11) is 0. The number of hydrogen-bond acceptors (Lipinski definition) is 5. The first-order valence-electron chi connectivity index (χ1n) is 9.08. The minimum atomic E-state index is -0.0717. The quantitative estimate of drug-likeness (QED) is 0.903. The summed E-state index contributed by atoms with van der Waals surface area (Å²) in [4.78, 5) is 17.3. The van der Waals surface area contributed by atoms with Crippen LogP contribution in [0.25, 0.3) is 0 Å². The molecule has 1 amide bonds. The maximum atomic E-state index is 12.6. The molecule has 0 radical (unpaired) electrons. The third kappa shape index (κ3) is 3.45. The first-order valence-corrected chi connectivity index (χ1v) is 9.08. The standard InChI is InChI=1S/C18H24N6O/c25-17(14-24-13-8-19-21-24)20-18-15(22-9-1-2-10-22)6-5-7-16(18)23-11-3-4-12-23/h5-8,13H,1-4,9-12,14H2,(H,20,25). The van der Waals surface area contributed by atoms with E-state index in [-0.39, 0.29) is 12.5 Å². The Kier molecular flexibility index (Phi) is 4.54. The van der Waals surface area contributed by atoms with E-state index in [1.165, 1.54) is 25.7 Å². The predicted molar refractivity (Wildman–Crippen MR) is 98.0 cm³/mol. The first-order chi connectivity index (χ1) is 12.3. The zero-order chi connectivity index (χ0) is 17.1. The van der Waals surface area contributed by atoms with Crippen molar-refractivity contribution in [3.05, 3.63) is 30.6 Å². The molecule has 2 aliphatic rings. The molecule has 1 aromatic carbocycles. The molecular weight excluding hydrogens is 316 g/mol. The van der Waals surface area contributed by atoms with Gasteiger partial charge in [-0.05, 0) is 37.8 Å². The van der Waals surface area contributed by atoms with E-state index in [9.17, 15) is 4.79 Å². The number of nitrogens with zero attached hydrogens (tertiary/aromatic N) is 5. The normalized spacial score (nSPS) is 17.3. The third-order valence-electron chi connectivity index (χ3n) is 4.96. The van der Waals surface area contributed by atoms with E-state index in [0.717, 1.165) is 43.2 Å². The lowest BCUT2D eigenvalue weighted by Crippen LogP contribution is -2.26. The van der Waals surface area contributed by atoms with E-state index < -0.39 is 0 Å². The average molecular weight is 340 g/mol. The predicted octanol–water partition coefficient (Wildman–Crippen LogP) is 2.12. The minimum absolute atomic E-state index is 0.0717. The van der Waals surface area contributed by atoms with Gasteiger partial charge < -0.3 is 15.1 Å². The summed E-state index contributed by atoms with van der Waals surface area (Å²) in [5, 5.41) is 10.8. The van der Waals surface area contributed by atoms with Gasteiger partial charge in [0, 0.05) is 32.4 Å². The van der Waals surface area contributed by atoms with Gasteiger partial charge in [0.1, 0.15) is 6.54 Å². The smallest absolute Gasteiger partial charge is 0.246 e. The van der Waals surface area contributed by atoms with Gasteiger partial charge in [-0.1, -0.05) is 11.3 Å². The highest BCUT2D eigenvalue weighted by molar-refractivity contribution is 5.99. The van der Waals surface area contributed by atoms with Gasteiger partial charge >= 0.3 is 0 Å². The monoisotopic (exact) mass is 340 g/mol. The summed E-state index contributed by atoms with van der Waals surface area (Å²) in [6.45, 7) is 4.38. The molecule has 2 saturated heterocycles. The number of hydrogen-bond donors (Lipinski definition) is 1. The Balaban J connectivity index is 1.63. The number of para-hydroxylation sites is 1. The maximum Gasteiger partial charge on any atom is 0.246 e. The molecule has 0 aliphatic carbocycles. The Labute approximate surface area is 147 Å². The fraction of sp³-hybridized carbons (Fsp3) is 0.500. The SMILES string of the molecule is O=C(Cn1ccnn1)Nc1c(N2CCCC2)cccc1N1CCCC1. The van der Waals surface area contributed by atoms with E-state index in [1.807, 2.05) is 0 Å². The number of amides is 1. The van der Waals surface area contributed by atoms with Crippen LogP contribution in [0, 0.1) is 0 Å². The molecule has 132 valence electrons. The second-order valence-electron chi connectivity index (χ2n) is 6.71. The molecular formula is C18H24N6O. The molecule has 0 atom stereocenters. The molecule has 2 fully saturated rings. The van der Waals surface area contributed by atoms with Crippen molar-refractivity contribution in [3.8, 4) is 0 Å².